The van der Waals surface area contributed by atoms with Gasteiger partial charge in [-0.2, -0.15) is 11.3 Å². The molecule has 8 heteroatoms. The number of aromatic nitrogens is 1. The number of hydrogen-bond acceptors (Lipinski definition) is 6. The molecule has 0 saturated carbocycles. The van der Waals surface area contributed by atoms with E-state index in [4.69, 9.17) is 11.6 Å². The molecule has 1 aliphatic heterocycles. The fraction of sp³-hybridized carbons (Fsp3) is 0.333. The van der Waals surface area contributed by atoms with Crippen molar-refractivity contribution in [2.45, 2.75) is 18.9 Å². The zero-order valence-electron chi connectivity index (χ0n) is 12.8. The summed E-state index contributed by atoms with van der Waals surface area (Å²) < 4.78 is 0. The van der Waals surface area contributed by atoms with Gasteiger partial charge in [0.2, 0.25) is 0 Å². The summed E-state index contributed by atoms with van der Waals surface area (Å²) in [6.07, 6.45) is 3.84. The number of carboxylic acid groups (broad SMARTS) is 1. The largest absolute Gasteiger partial charge is 1.00 e. The third-order valence-electron chi connectivity index (χ3n) is 3.36. The molecular weight excluding hydrogens is 347 g/mol. The summed E-state index contributed by atoms with van der Waals surface area (Å²) in [6, 6.07) is 5.34. The average molecular weight is 363 g/mol. The fourth-order valence-corrected chi connectivity index (χ4v) is 3.13. The molecule has 0 amide bonds. The van der Waals surface area contributed by atoms with E-state index in [0.29, 0.717) is 5.02 Å². The van der Waals surface area contributed by atoms with Crippen LogP contribution in [0.25, 0.3) is 0 Å². The van der Waals surface area contributed by atoms with Crippen molar-refractivity contribution < 1.29 is 44.6 Å². The fourth-order valence-electron chi connectivity index (χ4n) is 2.27. The predicted octanol–water partition coefficient (Wildman–Crippen LogP) is -1.19. The zero-order valence-corrected chi connectivity index (χ0v) is 16.4. The first-order valence-electron chi connectivity index (χ1n) is 6.85. The summed E-state index contributed by atoms with van der Waals surface area (Å²) in [6.45, 7) is 1.11. The Morgan fingerprint density at radius 3 is 2.83 bits per heavy atom. The smallest absolute Gasteiger partial charge is 0.545 e. The van der Waals surface area contributed by atoms with Crippen molar-refractivity contribution in [3.05, 3.63) is 45.7 Å². The Balaban J connectivity index is 0.000000253. The maximum atomic E-state index is 9.96. The average Bonchev–Trinajstić information content (AvgIpc) is 3.20. The van der Waals surface area contributed by atoms with Crippen molar-refractivity contribution in [2.24, 2.45) is 0 Å². The molecule has 1 atom stereocenters. The van der Waals surface area contributed by atoms with E-state index in [1.54, 1.807) is 11.6 Å². The number of nitrogens with zero attached hydrogens (tertiary/aromatic N) is 2. The number of hydrogen-bond donors (Lipinski definition) is 1. The molecule has 2 aromatic rings. The van der Waals surface area contributed by atoms with Crippen LogP contribution in [0.5, 0.6) is 0 Å². The standard InChI is InChI=1S/C10H13ClN2O.C5H4O2S.Na/c11-9-4-1-5-12-10(9)13-6-2-3-8(13)7-14;6-5(7)4-1-2-8-3-4;/h1,4-5,8,14H,2-3,6-7H2;1-3H,(H,6,7);/q;;+1/p-1. The molecule has 0 bridgehead atoms. The van der Waals surface area contributed by atoms with Crippen LogP contribution < -0.4 is 39.6 Å². The molecule has 2 aromatic heterocycles. The number of carboxylic acids is 1. The van der Waals surface area contributed by atoms with E-state index in [0.717, 1.165) is 25.2 Å². The molecule has 0 spiro atoms. The maximum Gasteiger partial charge on any atom is 1.00 e. The molecule has 23 heavy (non-hydrogen) atoms. The number of halogens is 1. The maximum absolute atomic E-state index is 9.96. The van der Waals surface area contributed by atoms with Crippen molar-refractivity contribution in [1.29, 1.82) is 0 Å². The van der Waals surface area contributed by atoms with Crippen molar-refractivity contribution in [3.63, 3.8) is 0 Å². The van der Waals surface area contributed by atoms with Gasteiger partial charge in [-0.25, -0.2) is 4.98 Å². The van der Waals surface area contributed by atoms with Gasteiger partial charge in [-0.15, -0.1) is 0 Å². The van der Waals surface area contributed by atoms with Crippen LogP contribution in [-0.2, 0) is 0 Å². The van der Waals surface area contributed by atoms with Gasteiger partial charge in [0.05, 0.1) is 23.6 Å². The number of aliphatic hydroxyl groups is 1. The quantitative estimate of drug-likeness (QED) is 0.695. The Bertz CT molecular complexity index is 613. The first-order chi connectivity index (χ1) is 10.6. The van der Waals surface area contributed by atoms with Gasteiger partial charge in [0.15, 0.2) is 0 Å². The normalized spacial score (nSPS) is 16.3. The first-order valence-corrected chi connectivity index (χ1v) is 8.17. The van der Waals surface area contributed by atoms with Gasteiger partial charge in [0.1, 0.15) is 5.82 Å². The molecule has 0 aliphatic carbocycles. The minimum atomic E-state index is -1.11. The Morgan fingerprint density at radius 2 is 2.30 bits per heavy atom. The molecule has 0 radical (unpaired) electrons. The van der Waals surface area contributed by atoms with Gasteiger partial charge in [-0.05, 0) is 41.8 Å². The van der Waals surface area contributed by atoms with Crippen molar-refractivity contribution in [3.8, 4) is 0 Å². The van der Waals surface area contributed by atoms with Gasteiger partial charge in [0.25, 0.3) is 0 Å². The van der Waals surface area contributed by atoms with Crippen LogP contribution in [0.3, 0.4) is 0 Å². The Hall–Kier alpha value is -0.630. The third-order valence-corrected chi connectivity index (χ3v) is 4.33. The van der Waals surface area contributed by atoms with Crippen LogP contribution in [-0.4, -0.2) is 35.3 Å². The van der Waals surface area contributed by atoms with E-state index in [1.165, 1.54) is 22.8 Å². The van der Waals surface area contributed by atoms with E-state index in [2.05, 4.69) is 9.88 Å². The second kappa shape index (κ2) is 10.3. The number of anilines is 1. The monoisotopic (exact) mass is 362 g/mol. The van der Waals surface area contributed by atoms with Crippen LogP contribution in [0, 0.1) is 0 Å². The third kappa shape index (κ3) is 5.74. The van der Waals surface area contributed by atoms with Crippen molar-refractivity contribution in [1.82, 2.24) is 4.98 Å². The summed E-state index contributed by atoms with van der Waals surface area (Å²) in [4.78, 5) is 16.3. The van der Waals surface area contributed by atoms with Crippen LogP contribution in [0.4, 0.5) is 5.82 Å². The summed E-state index contributed by atoms with van der Waals surface area (Å²) in [5.74, 6) is -0.308. The van der Waals surface area contributed by atoms with Gasteiger partial charge in [-0.3, -0.25) is 0 Å². The molecule has 3 heterocycles. The van der Waals surface area contributed by atoms with Crippen molar-refractivity contribution >= 4 is 34.7 Å². The van der Waals surface area contributed by atoms with Crippen LogP contribution >= 0.6 is 22.9 Å². The molecule has 1 saturated heterocycles. The molecule has 0 aromatic carbocycles. The van der Waals surface area contributed by atoms with E-state index in [-0.39, 0.29) is 47.8 Å². The van der Waals surface area contributed by atoms with Gasteiger partial charge in [-0.1, -0.05) is 11.6 Å². The number of aliphatic hydroxyl groups excluding tert-OH is 1. The van der Waals surface area contributed by atoms with E-state index < -0.39 is 5.97 Å². The summed E-state index contributed by atoms with van der Waals surface area (Å²) in [7, 11) is 0. The van der Waals surface area contributed by atoms with Gasteiger partial charge >= 0.3 is 29.6 Å². The number of aromatic carboxylic acids is 1. The Labute approximate surface area is 166 Å². The Morgan fingerprint density at radius 1 is 1.52 bits per heavy atom. The van der Waals surface area contributed by atoms with Crippen LogP contribution in [0.2, 0.25) is 5.02 Å². The minimum Gasteiger partial charge on any atom is -0.545 e. The van der Waals surface area contributed by atoms with E-state index in [1.807, 2.05) is 12.1 Å². The van der Waals surface area contributed by atoms with Crippen LogP contribution in [0.15, 0.2) is 35.2 Å². The molecule has 1 fully saturated rings. The number of pyridine rings is 1. The number of rotatable bonds is 3. The molecule has 118 valence electrons. The number of thiophene rings is 1. The predicted molar refractivity (Wildman–Crippen MR) is 85.4 cm³/mol. The molecule has 1 N–H and O–H groups in total. The molecule has 1 aliphatic rings. The summed E-state index contributed by atoms with van der Waals surface area (Å²) in [5.41, 5.74) is 0.259. The second-order valence-corrected chi connectivity index (χ2v) is 5.97. The van der Waals surface area contributed by atoms with E-state index >= 15 is 0 Å². The zero-order chi connectivity index (χ0) is 15.9. The van der Waals surface area contributed by atoms with Gasteiger partial charge in [0, 0.05) is 18.3 Å². The van der Waals surface area contributed by atoms with Gasteiger partial charge < -0.3 is 19.9 Å². The molecule has 1 unspecified atom stereocenters. The van der Waals surface area contributed by atoms with Crippen LogP contribution in [0.1, 0.15) is 23.2 Å². The summed E-state index contributed by atoms with van der Waals surface area (Å²) >= 11 is 7.39. The summed E-state index contributed by atoms with van der Waals surface area (Å²) in [5, 5.41) is 23.0. The topological polar surface area (TPSA) is 76.5 Å². The second-order valence-electron chi connectivity index (χ2n) is 4.78. The number of carbonyl (C=O) groups is 1. The molecule has 5 nitrogen and oxygen atoms in total. The number of carbonyl (C=O) groups excluding carboxylic acids is 1. The minimum absolute atomic E-state index is 0. The molecule has 3 rings (SSSR count). The first kappa shape index (κ1) is 20.4. The van der Waals surface area contributed by atoms with Crippen molar-refractivity contribution in [2.75, 3.05) is 18.1 Å². The molecular formula is C15H16ClN2NaO3S. The van der Waals surface area contributed by atoms with E-state index in [9.17, 15) is 15.0 Å². The Kier molecular flexibility index (Phi) is 9.12. The SMILES string of the molecule is O=C([O-])c1ccsc1.OCC1CCCN1c1ncccc1Cl.[Na+].